The second-order valence-electron chi connectivity index (χ2n) is 9.58. The standard InChI is InChI=1S/C25H30FN7O2/c1-4-17-20(13(2)31-32-17)16-9-10-19(28-23(16)26)29-25(35)22(21(14-5-6-14)15-7-8-15)30-24(34)18-11-12-27-33(18)3/h9-12,14-15,21-22H,4-8H2,1-3H3,(H,30,34)(H,31,32)(H,28,29,35). The Morgan fingerprint density at radius 3 is 2.49 bits per heavy atom. The van der Waals surface area contributed by atoms with Gasteiger partial charge in [0.25, 0.3) is 5.91 Å². The van der Waals surface area contributed by atoms with Crippen LogP contribution in [0, 0.1) is 30.6 Å². The molecule has 10 heteroatoms. The van der Waals surface area contributed by atoms with Crippen molar-refractivity contribution in [2.24, 2.45) is 24.8 Å². The summed E-state index contributed by atoms with van der Waals surface area (Å²) in [5.41, 5.74) is 2.92. The third-order valence-electron chi connectivity index (χ3n) is 7.09. The second kappa shape index (κ2) is 9.24. The Bertz CT molecular complexity index is 1250. The van der Waals surface area contributed by atoms with Crippen molar-refractivity contribution >= 4 is 17.6 Å². The summed E-state index contributed by atoms with van der Waals surface area (Å²) in [4.78, 5) is 30.5. The second-order valence-corrected chi connectivity index (χ2v) is 9.58. The number of aryl methyl sites for hydroxylation is 3. The number of carbonyl (C=O) groups is 2. The highest BCUT2D eigenvalue weighted by Crippen LogP contribution is 2.51. The molecule has 3 aromatic heterocycles. The summed E-state index contributed by atoms with van der Waals surface area (Å²) in [5.74, 6) is -0.426. The van der Waals surface area contributed by atoms with E-state index in [1.54, 1.807) is 31.4 Å². The van der Waals surface area contributed by atoms with Crippen LogP contribution in [0.1, 0.15) is 54.5 Å². The topological polar surface area (TPSA) is 118 Å². The lowest BCUT2D eigenvalue weighted by Gasteiger charge is -2.27. The van der Waals surface area contributed by atoms with E-state index in [-0.39, 0.29) is 23.6 Å². The summed E-state index contributed by atoms with van der Waals surface area (Å²) < 4.78 is 16.5. The van der Waals surface area contributed by atoms with Crippen LogP contribution in [-0.2, 0) is 18.3 Å². The summed E-state index contributed by atoms with van der Waals surface area (Å²) in [6.07, 6.45) is 6.44. The van der Waals surface area contributed by atoms with E-state index < -0.39 is 12.0 Å². The van der Waals surface area contributed by atoms with Gasteiger partial charge < -0.3 is 10.6 Å². The Morgan fingerprint density at radius 1 is 1.20 bits per heavy atom. The van der Waals surface area contributed by atoms with Gasteiger partial charge >= 0.3 is 0 Å². The molecule has 0 radical (unpaired) electrons. The van der Waals surface area contributed by atoms with Crippen LogP contribution in [0.15, 0.2) is 24.4 Å². The first-order chi connectivity index (χ1) is 16.9. The fourth-order valence-corrected chi connectivity index (χ4v) is 5.03. The Kier molecular flexibility index (Phi) is 6.12. The number of nitrogens with zero attached hydrogens (tertiary/aromatic N) is 4. The number of carbonyl (C=O) groups excluding carboxylic acids is 2. The molecule has 0 saturated heterocycles. The van der Waals surface area contributed by atoms with Crippen LogP contribution in [0.25, 0.3) is 11.1 Å². The lowest BCUT2D eigenvalue weighted by Crippen LogP contribution is -2.50. The highest BCUT2D eigenvalue weighted by atomic mass is 19.1. The van der Waals surface area contributed by atoms with Gasteiger partial charge in [-0.3, -0.25) is 19.4 Å². The molecule has 9 nitrogen and oxygen atoms in total. The molecule has 1 unspecified atom stereocenters. The molecule has 3 heterocycles. The molecule has 0 aliphatic heterocycles. The van der Waals surface area contributed by atoms with Gasteiger partial charge in [-0.25, -0.2) is 4.98 Å². The summed E-state index contributed by atoms with van der Waals surface area (Å²) >= 11 is 0. The molecular weight excluding hydrogens is 449 g/mol. The summed E-state index contributed by atoms with van der Waals surface area (Å²) in [6.45, 7) is 3.78. The van der Waals surface area contributed by atoms with E-state index >= 15 is 4.39 Å². The van der Waals surface area contributed by atoms with E-state index in [0.717, 1.165) is 31.4 Å². The van der Waals surface area contributed by atoms with E-state index in [2.05, 4.69) is 30.9 Å². The molecule has 35 heavy (non-hydrogen) atoms. The van der Waals surface area contributed by atoms with E-state index in [9.17, 15) is 9.59 Å². The van der Waals surface area contributed by atoms with Gasteiger partial charge in [-0.15, -0.1) is 0 Å². The third kappa shape index (κ3) is 4.69. The Morgan fingerprint density at radius 2 is 1.91 bits per heavy atom. The minimum atomic E-state index is -0.732. The van der Waals surface area contributed by atoms with Crippen LogP contribution in [0.3, 0.4) is 0 Å². The van der Waals surface area contributed by atoms with Crippen molar-refractivity contribution in [3.8, 4) is 11.1 Å². The molecule has 1 atom stereocenters. The Hall–Kier alpha value is -3.56. The molecule has 0 spiro atoms. The van der Waals surface area contributed by atoms with Gasteiger partial charge in [-0.05, 0) is 75.0 Å². The zero-order chi connectivity index (χ0) is 24.7. The van der Waals surface area contributed by atoms with Crippen LogP contribution in [0.4, 0.5) is 10.2 Å². The Balaban J connectivity index is 1.39. The van der Waals surface area contributed by atoms with Gasteiger partial charge in [0.15, 0.2) is 0 Å². The van der Waals surface area contributed by atoms with Crippen molar-refractivity contribution in [3.05, 3.63) is 47.4 Å². The summed E-state index contributed by atoms with van der Waals surface area (Å²) in [5, 5.41) is 16.9. The van der Waals surface area contributed by atoms with Crippen LogP contribution in [0.2, 0.25) is 0 Å². The first-order valence-electron chi connectivity index (χ1n) is 12.2. The quantitative estimate of drug-likeness (QED) is 0.407. The molecule has 2 saturated carbocycles. The van der Waals surface area contributed by atoms with Gasteiger partial charge in [0.2, 0.25) is 11.9 Å². The lowest BCUT2D eigenvalue weighted by molar-refractivity contribution is -0.119. The van der Waals surface area contributed by atoms with Crippen LogP contribution >= 0.6 is 0 Å². The van der Waals surface area contributed by atoms with Crippen molar-refractivity contribution in [3.63, 3.8) is 0 Å². The van der Waals surface area contributed by atoms with Gasteiger partial charge in [0.05, 0.1) is 5.69 Å². The highest BCUT2D eigenvalue weighted by Gasteiger charge is 2.48. The number of hydrogen-bond acceptors (Lipinski definition) is 5. The van der Waals surface area contributed by atoms with E-state index in [1.165, 1.54) is 4.68 Å². The van der Waals surface area contributed by atoms with Crippen molar-refractivity contribution in [2.45, 2.75) is 52.0 Å². The zero-order valence-electron chi connectivity index (χ0n) is 20.1. The zero-order valence-corrected chi connectivity index (χ0v) is 20.1. The molecule has 5 rings (SSSR count). The number of nitrogens with one attached hydrogen (secondary N) is 3. The molecular formula is C25H30FN7O2. The number of rotatable bonds is 9. The van der Waals surface area contributed by atoms with Crippen molar-refractivity contribution in [2.75, 3.05) is 5.32 Å². The van der Waals surface area contributed by atoms with Crippen LogP contribution in [-0.4, -0.2) is 42.8 Å². The molecule has 3 N–H and O–H groups in total. The molecule has 2 aliphatic carbocycles. The number of amides is 2. The molecule has 0 aromatic carbocycles. The Labute approximate surface area is 202 Å². The lowest BCUT2D eigenvalue weighted by atomic mass is 9.88. The summed E-state index contributed by atoms with van der Waals surface area (Å²) in [7, 11) is 1.68. The number of pyridine rings is 1. The number of aromatic nitrogens is 5. The first-order valence-corrected chi connectivity index (χ1v) is 12.2. The van der Waals surface area contributed by atoms with E-state index in [0.29, 0.717) is 40.8 Å². The molecule has 184 valence electrons. The first kappa shape index (κ1) is 23.2. The average Bonchev–Trinajstić information content (AvgIpc) is 3.76. The molecule has 3 aromatic rings. The number of aromatic amines is 1. The largest absolute Gasteiger partial charge is 0.339 e. The maximum absolute atomic E-state index is 15.1. The SMILES string of the molecule is CCc1[nH]nc(C)c1-c1ccc(NC(=O)C(NC(=O)c2ccnn2C)C(C2CC2)C2CC2)nc1F. The van der Waals surface area contributed by atoms with Gasteiger partial charge in [0.1, 0.15) is 17.6 Å². The third-order valence-corrected chi connectivity index (χ3v) is 7.09. The van der Waals surface area contributed by atoms with Crippen molar-refractivity contribution in [1.29, 1.82) is 0 Å². The minimum absolute atomic E-state index is 0.0528. The van der Waals surface area contributed by atoms with Crippen LogP contribution < -0.4 is 10.6 Å². The molecule has 0 bridgehead atoms. The highest BCUT2D eigenvalue weighted by molar-refractivity contribution is 6.00. The van der Waals surface area contributed by atoms with E-state index in [1.807, 2.05) is 13.8 Å². The van der Waals surface area contributed by atoms with E-state index in [4.69, 9.17) is 0 Å². The monoisotopic (exact) mass is 479 g/mol. The number of hydrogen-bond donors (Lipinski definition) is 3. The van der Waals surface area contributed by atoms with Gasteiger partial charge in [0, 0.05) is 30.1 Å². The van der Waals surface area contributed by atoms with Gasteiger partial charge in [-0.1, -0.05) is 6.92 Å². The van der Waals surface area contributed by atoms with Crippen molar-refractivity contribution < 1.29 is 14.0 Å². The normalized spacial score (nSPS) is 16.4. The molecule has 2 amide bonds. The number of halogens is 1. The number of H-pyrrole nitrogens is 1. The smallest absolute Gasteiger partial charge is 0.270 e. The molecule has 2 fully saturated rings. The van der Waals surface area contributed by atoms with Crippen LogP contribution in [0.5, 0.6) is 0 Å². The maximum Gasteiger partial charge on any atom is 0.270 e. The fraction of sp³-hybridized carbons (Fsp3) is 0.480. The number of anilines is 1. The van der Waals surface area contributed by atoms with Gasteiger partial charge in [-0.2, -0.15) is 14.6 Å². The summed E-state index contributed by atoms with van der Waals surface area (Å²) in [6, 6.07) is 4.08. The fourth-order valence-electron chi connectivity index (χ4n) is 5.03. The maximum atomic E-state index is 15.1. The minimum Gasteiger partial charge on any atom is -0.339 e. The van der Waals surface area contributed by atoms with Crippen molar-refractivity contribution in [1.82, 2.24) is 30.3 Å². The predicted molar refractivity (Wildman–Crippen MR) is 128 cm³/mol. The average molecular weight is 480 g/mol. The molecule has 2 aliphatic rings. The predicted octanol–water partition coefficient (Wildman–Crippen LogP) is 3.39.